The van der Waals surface area contributed by atoms with Crippen LogP contribution in [0.5, 0.6) is 0 Å². The Balaban J connectivity index is 1.26. The maximum Gasteiger partial charge on any atom is 0.405 e. The molecule has 3 aromatic rings. The summed E-state index contributed by atoms with van der Waals surface area (Å²) in [5.74, 6) is -0.843. The van der Waals surface area contributed by atoms with Gasteiger partial charge in [-0.25, -0.2) is 4.39 Å². The molecule has 200 valence electrons. The fraction of sp³-hybridized carbons (Fsp3) is 0.367. The van der Waals surface area contributed by atoms with Crippen molar-refractivity contribution in [2.75, 3.05) is 44.2 Å². The highest BCUT2D eigenvalue weighted by atomic mass is 19.4. The van der Waals surface area contributed by atoms with E-state index >= 15 is 0 Å². The Labute approximate surface area is 220 Å². The molecule has 0 saturated carbocycles. The molecule has 0 spiro atoms. The molecule has 0 bridgehead atoms. The average Bonchev–Trinajstić information content (AvgIpc) is 3.21. The molecular weight excluding hydrogens is 494 g/mol. The molecule has 4 nitrogen and oxygen atoms in total. The van der Waals surface area contributed by atoms with Crippen LogP contribution in [0.1, 0.15) is 30.4 Å². The highest BCUT2D eigenvalue weighted by Gasteiger charge is 2.49. The lowest BCUT2D eigenvalue weighted by molar-refractivity contribution is -0.141. The first-order valence-corrected chi connectivity index (χ1v) is 13.1. The SMILES string of the molecule is O=C(NCC(F)(F)F)C1(CCCCN2CCN(c3ccc(F)cc3)CC2)c2ccccc2-c2ccccc21. The van der Waals surface area contributed by atoms with Crippen LogP contribution in [0, 0.1) is 5.82 Å². The number of anilines is 1. The van der Waals surface area contributed by atoms with E-state index in [1.165, 1.54) is 12.1 Å². The minimum absolute atomic E-state index is 0.246. The summed E-state index contributed by atoms with van der Waals surface area (Å²) in [7, 11) is 0. The molecule has 2 aliphatic rings. The second-order valence-electron chi connectivity index (χ2n) is 10.1. The van der Waals surface area contributed by atoms with Crippen LogP contribution in [0.2, 0.25) is 0 Å². The topological polar surface area (TPSA) is 35.6 Å². The number of piperazine rings is 1. The van der Waals surface area contributed by atoms with Crippen molar-refractivity contribution in [3.05, 3.63) is 89.7 Å². The molecule has 38 heavy (non-hydrogen) atoms. The quantitative estimate of drug-likeness (QED) is 0.300. The summed E-state index contributed by atoms with van der Waals surface area (Å²) in [6, 6.07) is 21.6. The number of hydrogen-bond donors (Lipinski definition) is 1. The monoisotopic (exact) mass is 525 g/mol. The van der Waals surface area contributed by atoms with E-state index in [0.29, 0.717) is 12.8 Å². The van der Waals surface area contributed by atoms with Crippen molar-refractivity contribution in [2.45, 2.75) is 30.9 Å². The highest BCUT2D eigenvalue weighted by Crippen LogP contribution is 2.51. The molecule has 1 heterocycles. The van der Waals surface area contributed by atoms with Gasteiger partial charge in [0.05, 0.1) is 0 Å². The second-order valence-corrected chi connectivity index (χ2v) is 10.1. The summed E-state index contributed by atoms with van der Waals surface area (Å²) in [6.45, 7) is 2.93. The molecule has 3 aromatic carbocycles. The first-order chi connectivity index (χ1) is 18.3. The number of halogens is 4. The third kappa shape index (κ3) is 5.27. The molecule has 8 heteroatoms. The first kappa shape index (κ1) is 26.2. The molecular formula is C30H31F4N3O. The van der Waals surface area contributed by atoms with Gasteiger partial charge in [0, 0.05) is 31.9 Å². The van der Waals surface area contributed by atoms with Crippen molar-refractivity contribution in [3.63, 3.8) is 0 Å². The predicted molar refractivity (Wildman–Crippen MR) is 141 cm³/mol. The minimum atomic E-state index is -4.48. The number of alkyl halides is 3. The van der Waals surface area contributed by atoms with Crippen molar-refractivity contribution < 1.29 is 22.4 Å². The number of fused-ring (bicyclic) bond motifs is 3. The van der Waals surface area contributed by atoms with E-state index in [9.17, 15) is 22.4 Å². The molecule has 0 unspecified atom stereocenters. The van der Waals surface area contributed by atoms with Crippen LogP contribution in [0.4, 0.5) is 23.2 Å². The zero-order valence-corrected chi connectivity index (χ0v) is 21.1. The lowest BCUT2D eigenvalue weighted by Crippen LogP contribution is -2.47. The fourth-order valence-corrected chi connectivity index (χ4v) is 5.89. The van der Waals surface area contributed by atoms with Crippen LogP contribution in [-0.4, -0.2) is 56.3 Å². The second kappa shape index (κ2) is 10.8. The smallest absolute Gasteiger partial charge is 0.369 e. The molecule has 5 rings (SSSR count). The van der Waals surface area contributed by atoms with E-state index in [4.69, 9.17) is 0 Å². The Hall–Kier alpha value is -3.39. The third-order valence-corrected chi connectivity index (χ3v) is 7.74. The maximum absolute atomic E-state index is 13.6. The van der Waals surface area contributed by atoms with Crippen molar-refractivity contribution in [3.8, 4) is 11.1 Å². The Bertz CT molecular complexity index is 1220. The molecule has 1 aliphatic heterocycles. The van der Waals surface area contributed by atoms with E-state index in [-0.39, 0.29) is 5.82 Å². The zero-order chi connectivity index (χ0) is 26.8. The Morgan fingerprint density at radius 2 is 1.39 bits per heavy atom. The van der Waals surface area contributed by atoms with E-state index in [1.54, 1.807) is 12.1 Å². The van der Waals surface area contributed by atoms with E-state index in [0.717, 1.165) is 67.1 Å². The summed E-state index contributed by atoms with van der Waals surface area (Å²) in [5.41, 5.74) is 3.21. The molecule has 0 atom stereocenters. The summed E-state index contributed by atoms with van der Waals surface area (Å²) in [6.07, 6.45) is -2.53. The standard InChI is InChI=1S/C30H31F4N3O/c31-22-11-13-23(14-12-22)37-19-17-36(18-20-37)16-6-5-15-29(28(38)35-21-30(32,33)34)26-9-3-1-7-24(26)25-8-2-4-10-27(25)29/h1-4,7-14H,5-6,15-21H2,(H,35,38). The van der Waals surface area contributed by atoms with Crippen LogP contribution >= 0.6 is 0 Å². The Kier molecular flexibility index (Phi) is 7.43. The Morgan fingerprint density at radius 1 is 0.816 bits per heavy atom. The number of rotatable bonds is 8. The van der Waals surface area contributed by atoms with Crippen LogP contribution in [0.3, 0.4) is 0 Å². The largest absolute Gasteiger partial charge is 0.405 e. The molecule has 1 aliphatic carbocycles. The lowest BCUT2D eigenvalue weighted by atomic mass is 9.73. The average molecular weight is 526 g/mol. The summed E-state index contributed by atoms with van der Waals surface area (Å²) in [5, 5.41) is 2.20. The minimum Gasteiger partial charge on any atom is -0.369 e. The molecule has 1 N–H and O–H groups in total. The fourth-order valence-electron chi connectivity index (χ4n) is 5.89. The zero-order valence-electron chi connectivity index (χ0n) is 21.1. The van der Waals surface area contributed by atoms with E-state index < -0.39 is 24.0 Å². The van der Waals surface area contributed by atoms with Gasteiger partial charge in [-0.05, 0) is 65.9 Å². The van der Waals surface area contributed by atoms with Gasteiger partial charge in [-0.3, -0.25) is 9.69 Å². The molecule has 1 saturated heterocycles. The van der Waals surface area contributed by atoms with Gasteiger partial charge in [0.1, 0.15) is 17.8 Å². The number of unbranched alkanes of at least 4 members (excludes halogenated alkanes) is 1. The molecule has 1 fully saturated rings. The normalized spacial score (nSPS) is 16.7. The van der Waals surface area contributed by atoms with Gasteiger partial charge in [0.15, 0.2) is 0 Å². The van der Waals surface area contributed by atoms with Crippen molar-refractivity contribution in [1.82, 2.24) is 10.2 Å². The molecule has 0 aromatic heterocycles. The lowest BCUT2D eigenvalue weighted by Gasteiger charge is -2.36. The van der Waals surface area contributed by atoms with Gasteiger partial charge >= 0.3 is 6.18 Å². The predicted octanol–water partition coefficient (Wildman–Crippen LogP) is 5.76. The van der Waals surface area contributed by atoms with Crippen LogP contribution < -0.4 is 10.2 Å². The van der Waals surface area contributed by atoms with Crippen LogP contribution in [-0.2, 0) is 10.2 Å². The van der Waals surface area contributed by atoms with E-state index in [1.807, 2.05) is 48.5 Å². The van der Waals surface area contributed by atoms with Gasteiger partial charge in [-0.1, -0.05) is 55.0 Å². The highest BCUT2D eigenvalue weighted by molar-refractivity contribution is 6.00. The first-order valence-electron chi connectivity index (χ1n) is 13.1. The van der Waals surface area contributed by atoms with Crippen molar-refractivity contribution in [1.29, 1.82) is 0 Å². The van der Waals surface area contributed by atoms with Crippen molar-refractivity contribution >= 4 is 11.6 Å². The summed E-state index contributed by atoms with van der Waals surface area (Å²) < 4.78 is 52.4. The van der Waals surface area contributed by atoms with Gasteiger partial charge in [-0.15, -0.1) is 0 Å². The molecule has 1 amide bonds. The summed E-state index contributed by atoms with van der Waals surface area (Å²) >= 11 is 0. The number of nitrogens with zero attached hydrogens (tertiary/aromatic N) is 2. The van der Waals surface area contributed by atoms with Crippen molar-refractivity contribution in [2.24, 2.45) is 0 Å². The number of carbonyl (C=O) groups excluding carboxylic acids is 1. The third-order valence-electron chi connectivity index (χ3n) is 7.74. The van der Waals surface area contributed by atoms with E-state index in [2.05, 4.69) is 15.1 Å². The van der Waals surface area contributed by atoms with Crippen LogP contribution in [0.15, 0.2) is 72.8 Å². The van der Waals surface area contributed by atoms with Gasteiger partial charge in [-0.2, -0.15) is 13.2 Å². The van der Waals surface area contributed by atoms with Crippen LogP contribution in [0.25, 0.3) is 11.1 Å². The number of nitrogens with one attached hydrogen (secondary N) is 1. The number of amides is 1. The van der Waals surface area contributed by atoms with Gasteiger partial charge in [0.25, 0.3) is 0 Å². The molecule has 0 radical (unpaired) electrons. The number of hydrogen-bond acceptors (Lipinski definition) is 3. The number of carbonyl (C=O) groups is 1. The van der Waals surface area contributed by atoms with Gasteiger partial charge < -0.3 is 10.2 Å². The summed E-state index contributed by atoms with van der Waals surface area (Å²) in [4.78, 5) is 18.2. The van der Waals surface area contributed by atoms with Gasteiger partial charge in [0.2, 0.25) is 5.91 Å². The maximum atomic E-state index is 13.6. The number of benzene rings is 3. The Morgan fingerprint density at radius 3 is 1.97 bits per heavy atom.